The molecule has 0 fully saturated rings. The van der Waals surface area contributed by atoms with Crippen molar-refractivity contribution in [1.82, 2.24) is 0 Å². The Kier molecular flexibility index (Phi) is 8.78. The number of rotatable bonds is 6. The minimum Gasteiger partial charge on any atom is -0.345 e. The maximum absolute atomic E-state index is 2.47. The second-order valence-electron chi connectivity index (χ2n) is 15.2. The molecule has 0 aromatic heterocycles. The highest BCUT2D eigenvalue weighted by molar-refractivity contribution is 5.96. The molecule has 3 aliphatic rings. The van der Waals surface area contributed by atoms with E-state index < -0.39 is 0 Å². The summed E-state index contributed by atoms with van der Waals surface area (Å²) in [6, 6.07) is 61.3. The van der Waals surface area contributed by atoms with Crippen LogP contribution in [0.15, 0.2) is 182 Å². The van der Waals surface area contributed by atoms with Crippen LogP contribution in [-0.4, -0.2) is 7.05 Å². The van der Waals surface area contributed by atoms with Crippen LogP contribution in [0.4, 0.5) is 11.4 Å². The van der Waals surface area contributed by atoms with Gasteiger partial charge in [-0.25, -0.2) is 0 Å². The zero-order valence-electron chi connectivity index (χ0n) is 33.4. The van der Waals surface area contributed by atoms with Gasteiger partial charge in [0.1, 0.15) is 0 Å². The molecule has 3 aliphatic carbocycles. The molecule has 1 atom stereocenters. The van der Waals surface area contributed by atoms with Gasteiger partial charge in [-0.15, -0.1) is 0 Å². The molecule has 56 heavy (non-hydrogen) atoms. The van der Waals surface area contributed by atoms with Crippen molar-refractivity contribution in [2.75, 3.05) is 11.9 Å². The number of nitrogens with zero attached hydrogens (tertiary/aromatic N) is 1. The van der Waals surface area contributed by atoms with Crippen molar-refractivity contribution in [1.29, 1.82) is 0 Å². The Hall–Kier alpha value is -6.18. The van der Waals surface area contributed by atoms with Crippen molar-refractivity contribution >= 4 is 16.9 Å². The lowest BCUT2D eigenvalue weighted by Crippen LogP contribution is -2.27. The Labute approximate surface area is 333 Å². The molecule has 274 valence electrons. The first-order valence-corrected chi connectivity index (χ1v) is 20.4. The summed E-state index contributed by atoms with van der Waals surface area (Å²) in [5.74, 6) is 0. The van der Waals surface area contributed by atoms with E-state index >= 15 is 0 Å². The molecule has 0 radical (unpaired) electrons. The van der Waals surface area contributed by atoms with Gasteiger partial charge in [0.05, 0.1) is 5.41 Å². The summed E-state index contributed by atoms with van der Waals surface area (Å²) < 4.78 is 0. The van der Waals surface area contributed by atoms with Crippen molar-refractivity contribution in [3.05, 3.63) is 220 Å². The highest BCUT2D eigenvalue weighted by Gasteiger charge is 2.52. The highest BCUT2D eigenvalue weighted by atomic mass is 15.1. The molecule has 1 unspecified atom stereocenters. The minimum absolute atomic E-state index is 0.256. The van der Waals surface area contributed by atoms with Crippen LogP contribution in [0.3, 0.4) is 0 Å². The predicted molar refractivity (Wildman–Crippen MR) is 239 cm³/mol. The van der Waals surface area contributed by atoms with Crippen molar-refractivity contribution in [2.45, 2.75) is 51.9 Å². The molecule has 7 aromatic rings. The van der Waals surface area contributed by atoms with E-state index in [0.29, 0.717) is 0 Å². The molecular formula is C55H49N. The molecule has 7 aromatic carbocycles. The Morgan fingerprint density at radius 3 is 1.46 bits per heavy atom. The van der Waals surface area contributed by atoms with E-state index in [0.717, 1.165) is 12.1 Å². The largest absolute Gasteiger partial charge is 0.345 e. The van der Waals surface area contributed by atoms with Gasteiger partial charge in [-0.3, -0.25) is 0 Å². The second kappa shape index (κ2) is 13.8. The fraction of sp³-hybridized carbons (Fsp3) is 0.164. The van der Waals surface area contributed by atoms with E-state index in [1.54, 1.807) is 0 Å². The Morgan fingerprint density at radius 2 is 0.911 bits per heavy atom. The molecular weight excluding hydrogens is 675 g/mol. The quantitative estimate of drug-likeness (QED) is 0.165. The number of hydrogen-bond acceptors (Lipinski definition) is 1. The molecule has 0 heterocycles. The normalized spacial score (nSPS) is 16.5. The summed E-state index contributed by atoms with van der Waals surface area (Å²) >= 11 is 0. The van der Waals surface area contributed by atoms with E-state index in [4.69, 9.17) is 0 Å². The zero-order chi connectivity index (χ0) is 38.6. The van der Waals surface area contributed by atoms with Gasteiger partial charge in [-0.05, 0) is 128 Å². The number of anilines is 2. The van der Waals surface area contributed by atoms with E-state index in [1.807, 2.05) is 13.8 Å². The van der Waals surface area contributed by atoms with E-state index in [-0.39, 0.29) is 10.8 Å². The lowest BCUT2D eigenvalue weighted by atomic mass is 9.69. The number of hydrogen-bond donors (Lipinski definition) is 0. The lowest BCUT2D eigenvalue weighted by molar-refractivity contribution is 0.716. The lowest BCUT2D eigenvalue weighted by Gasteiger charge is -2.32. The summed E-state index contributed by atoms with van der Waals surface area (Å²) in [4.78, 5) is 2.35. The molecule has 0 aliphatic heterocycles. The predicted octanol–water partition coefficient (Wildman–Crippen LogP) is 14.6. The van der Waals surface area contributed by atoms with Crippen LogP contribution in [0.1, 0.15) is 80.0 Å². The van der Waals surface area contributed by atoms with Crippen molar-refractivity contribution < 1.29 is 0 Å². The third kappa shape index (κ3) is 4.86. The van der Waals surface area contributed by atoms with Gasteiger partial charge < -0.3 is 4.90 Å². The molecule has 0 saturated carbocycles. The van der Waals surface area contributed by atoms with Gasteiger partial charge in [0.25, 0.3) is 0 Å². The average molecular weight is 724 g/mol. The SMILES string of the molecule is C/C=C\C1=C(CC)c2ccccc2C12c1ccccc1-c1ccc(N(C)c3ccc(-c4ccccc4C4(C)c5ccccc5-c5ccccc54)cc3)cc12.CC. The fourth-order valence-electron chi connectivity index (χ4n) is 10.3. The van der Waals surface area contributed by atoms with Gasteiger partial charge in [-0.2, -0.15) is 0 Å². The summed E-state index contributed by atoms with van der Waals surface area (Å²) in [7, 11) is 2.20. The monoisotopic (exact) mass is 723 g/mol. The molecule has 10 rings (SSSR count). The molecule has 1 nitrogen and oxygen atoms in total. The van der Waals surface area contributed by atoms with E-state index in [2.05, 4.69) is 209 Å². The first kappa shape index (κ1) is 35.5. The number of allylic oxidation sites excluding steroid dienone is 4. The topological polar surface area (TPSA) is 3.24 Å². The van der Waals surface area contributed by atoms with Crippen LogP contribution in [0.2, 0.25) is 0 Å². The molecule has 0 bridgehead atoms. The van der Waals surface area contributed by atoms with Crippen LogP contribution >= 0.6 is 0 Å². The van der Waals surface area contributed by atoms with Crippen LogP contribution in [-0.2, 0) is 10.8 Å². The maximum Gasteiger partial charge on any atom is 0.0722 e. The first-order valence-electron chi connectivity index (χ1n) is 20.4. The Balaban J connectivity index is 0.00000202. The minimum atomic E-state index is -0.349. The number of fused-ring (bicyclic) bond motifs is 10. The summed E-state index contributed by atoms with van der Waals surface area (Å²) in [5, 5.41) is 0. The van der Waals surface area contributed by atoms with Crippen molar-refractivity contribution in [3.8, 4) is 33.4 Å². The smallest absolute Gasteiger partial charge is 0.0722 e. The van der Waals surface area contributed by atoms with E-state index in [9.17, 15) is 0 Å². The second-order valence-corrected chi connectivity index (χ2v) is 15.2. The summed E-state index contributed by atoms with van der Waals surface area (Å²) in [6.45, 7) is 10.9. The van der Waals surface area contributed by atoms with Crippen LogP contribution in [0, 0.1) is 0 Å². The van der Waals surface area contributed by atoms with Gasteiger partial charge in [-0.1, -0.05) is 172 Å². The van der Waals surface area contributed by atoms with Crippen LogP contribution in [0.5, 0.6) is 0 Å². The first-order chi connectivity index (χ1) is 27.5. The van der Waals surface area contributed by atoms with Gasteiger partial charge in [0.2, 0.25) is 0 Å². The number of benzene rings is 7. The Morgan fingerprint density at radius 1 is 0.482 bits per heavy atom. The third-order valence-electron chi connectivity index (χ3n) is 12.7. The fourth-order valence-corrected chi connectivity index (χ4v) is 10.3. The van der Waals surface area contributed by atoms with Gasteiger partial charge in [0.15, 0.2) is 0 Å². The van der Waals surface area contributed by atoms with Gasteiger partial charge >= 0.3 is 0 Å². The maximum atomic E-state index is 2.47. The van der Waals surface area contributed by atoms with E-state index in [1.165, 1.54) is 89.2 Å². The van der Waals surface area contributed by atoms with Gasteiger partial charge in [0, 0.05) is 23.8 Å². The van der Waals surface area contributed by atoms with Crippen LogP contribution in [0.25, 0.3) is 39.0 Å². The molecule has 1 spiro atoms. The third-order valence-corrected chi connectivity index (χ3v) is 12.7. The summed E-state index contributed by atoms with van der Waals surface area (Å²) in [5.41, 5.74) is 22.0. The standard InChI is InChI=1S/C53H43N.C2H6/c1-5-17-48-38(6-2)40-19-10-15-26-49(40)53(48)50-27-16-11-22-43(50)44-33-32-37(34-51(44)53)54(4)36-30-28-35(29-31-36)39-18-7-12-23-45(39)52(3)46-24-13-8-20-41(46)42-21-9-14-25-47(42)52;1-2/h5,7-34H,6H2,1-4H3;1-2H3/b17-5-;. The highest BCUT2D eigenvalue weighted by Crippen LogP contribution is 2.63. The molecule has 0 amide bonds. The van der Waals surface area contributed by atoms with Crippen LogP contribution < -0.4 is 4.90 Å². The molecule has 0 N–H and O–H groups in total. The van der Waals surface area contributed by atoms with Crippen molar-refractivity contribution in [2.24, 2.45) is 0 Å². The Bertz CT molecular complexity index is 2640. The van der Waals surface area contributed by atoms with Crippen molar-refractivity contribution in [3.63, 3.8) is 0 Å². The average Bonchev–Trinajstić information content (AvgIpc) is 3.83. The summed E-state index contributed by atoms with van der Waals surface area (Å²) in [6.07, 6.45) is 5.59. The molecule has 0 saturated heterocycles. The zero-order valence-corrected chi connectivity index (χ0v) is 33.4. The molecule has 1 heteroatoms.